The van der Waals surface area contributed by atoms with Crippen LogP contribution < -0.4 is 10.1 Å². The monoisotopic (exact) mass is 358 g/mol. The highest BCUT2D eigenvalue weighted by Gasteiger charge is 2.31. The molecule has 0 spiro atoms. The van der Waals surface area contributed by atoms with Crippen molar-refractivity contribution in [3.05, 3.63) is 65.2 Å². The summed E-state index contributed by atoms with van der Waals surface area (Å²) >= 11 is 0. The molecule has 132 valence electrons. The third-order valence-corrected chi connectivity index (χ3v) is 4.82. The Labute approximate surface area is 154 Å². The average molecular weight is 359 g/mol. The van der Waals surface area contributed by atoms with Gasteiger partial charge in [0, 0.05) is 26.1 Å². The smallest absolute Gasteiger partial charge is 0.240 e. The molecular formula is C20H23ClN2O2. The minimum atomic E-state index is -0.0711. The summed E-state index contributed by atoms with van der Waals surface area (Å²) in [4.78, 5) is 14.5. The molecule has 4 nitrogen and oxygen atoms in total. The van der Waals surface area contributed by atoms with Crippen LogP contribution in [0.4, 0.5) is 0 Å². The Hall–Kier alpha value is -2.04. The van der Waals surface area contributed by atoms with Crippen LogP contribution in [-0.2, 0) is 24.3 Å². The van der Waals surface area contributed by atoms with E-state index in [1.165, 1.54) is 16.7 Å². The number of amides is 1. The highest BCUT2D eigenvalue weighted by atomic mass is 35.5. The molecule has 0 saturated carbocycles. The van der Waals surface area contributed by atoms with Crippen molar-refractivity contribution in [2.75, 3.05) is 13.2 Å². The van der Waals surface area contributed by atoms with Crippen LogP contribution in [0.3, 0.4) is 0 Å². The van der Waals surface area contributed by atoms with Gasteiger partial charge in [0.15, 0.2) is 0 Å². The molecule has 1 amide bonds. The van der Waals surface area contributed by atoms with E-state index < -0.39 is 0 Å². The lowest BCUT2D eigenvalue weighted by molar-refractivity contribution is -0.129. The highest BCUT2D eigenvalue weighted by Crippen LogP contribution is 2.26. The molecule has 1 unspecified atom stereocenters. The molecule has 2 aromatic rings. The SMILES string of the molecule is Cl.O=C1C(NCc2ccc3c(c2)CCO3)CCN1Cc1ccccc1. The number of benzene rings is 2. The normalized spacial score (nSPS) is 18.6. The lowest BCUT2D eigenvalue weighted by Gasteiger charge is -2.17. The lowest BCUT2D eigenvalue weighted by atomic mass is 10.1. The number of nitrogens with zero attached hydrogens (tertiary/aromatic N) is 1. The van der Waals surface area contributed by atoms with E-state index in [1.807, 2.05) is 29.2 Å². The molecule has 0 aliphatic carbocycles. The van der Waals surface area contributed by atoms with Gasteiger partial charge in [0.25, 0.3) is 0 Å². The number of carbonyl (C=O) groups is 1. The minimum absolute atomic E-state index is 0. The maximum atomic E-state index is 12.6. The fraction of sp³-hybridized carbons (Fsp3) is 0.350. The van der Waals surface area contributed by atoms with Gasteiger partial charge in [-0.05, 0) is 29.2 Å². The topological polar surface area (TPSA) is 41.6 Å². The fourth-order valence-electron chi connectivity index (χ4n) is 3.48. The molecule has 0 bridgehead atoms. The molecule has 1 atom stereocenters. The van der Waals surface area contributed by atoms with Crippen molar-refractivity contribution in [3.8, 4) is 5.75 Å². The second kappa shape index (κ2) is 7.89. The molecular weight excluding hydrogens is 336 g/mol. The van der Waals surface area contributed by atoms with E-state index in [0.29, 0.717) is 6.54 Å². The van der Waals surface area contributed by atoms with E-state index in [0.717, 1.165) is 38.3 Å². The number of hydrogen-bond donors (Lipinski definition) is 1. The first-order chi connectivity index (χ1) is 11.8. The van der Waals surface area contributed by atoms with Crippen molar-refractivity contribution < 1.29 is 9.53 Å². The summed E-state index contributed by atoms with van der Waals surface area (Å²) in [5, 5.41) is 3.42. The van der Waals surface area contributed by atoms with Crippen LogP contribution in [0.5, 0.6) is 5.75 Å². The molecule has 1 saturated heterocycles. The Balaban J connectivity index is 0.00000182. The number of nitrogens with one attached hydrogen (secondary N) is 1. The number of fused-ring (bicyclic) bond motifs is 1. The van der Waals surface area contributed by atoms with Gasteiger partial charge in [-0.25, -0.2) is 0 Å². The van der Waals surface area contributed by atoms with E-state index in [9.17, 15) is 4.79 Å². The maximum absolute atomic E-state index is 12.6. The molecule has 1 fully saturated rings. The van der Waals surface area contributed by atoms with Crippen LogP contribution in [0, 0.1) is 0 Å². The van der Waals surface area contributed by atoms with Crippen molar-refractivity contribution in [2.24, 2.45) is 0 Å². The van der Waals surface area contributed by atoms with Crippen molar-refractivity contribution in [2.45, 2.75) is 32.0 Å². The Morgan fingerprint density at radius 2 is 1.96 bits per heavy atom. The highest BCUT2D eigenvalue weighted by molar-refractivity contribution is 5.85. The summed E-state index contributed by atoms with van der Waals surface area (Å²) in [5.74, 6) is 1.22. The van der Waals surface area contributed by atoms with Crippen LogP contribution >= 0.6 is 12.4 Å². The standard InChI is InChI=1S/C20H22N2O2.ClH/c23-20-18(8-10-22(20)14-15-4-2-1-3-5-15)21-13-16-6-7-19-17(12-16)9-11-24-19;/h1-7,12,18,21H,8-11,13-14H2;1H. The summed E-state index contributed by atoms with van der Waals surface area (Å²) in [5.41, 5.74) is 3.68. The Morgan fingerprint density at radius 1 is 1.12 bits per heavy atom. The number of halogens is 1. The summed E-state index contributed by atoms with van der Waals surface area (Å²) < 4.78 is 5.54. The maximum Gasteiger partial charge on any atom is 0.240 e. The first kappa shape index (κ1) is 17.8. The third kappa shape index (κ3) is 3.97. The van der Waals surface area contributed by atoms with E-state index in [2.05, 4.69) is 29.6 Å². The van der Waals surface area contributed by atoms with Gasteiger partial charge in [0.05, 0.1) is 12.6 Å². The summed E-state index contributed by atoms with van der Waals surface area (Å²) in [6, 6.07) is 16.4. The third-order valence-electron chi connectivity index (χ3n) is 4.82. The van der Waals surface area contributed by atoms with E-state index in [1.54, 1.807) is 0 Å². The first-order valence-corrected chi connectivity index (χ1v) is 8.60. The fourth-order valence-corrected chi connectivity index (χ4v) is 3.48. The van der Waals surface area contributed by atoms with Crippen molar-refractivity contribution in [3.63, 3.8) is 0 Å². The predicted octanol–water partition coefficient (Wildman–Crippen LogP) is 2.93. The number of likely N-dealkylation sites (tertiary alicyclic amines) is 1. The van der Waals surface area contributed by atoms with E-state index in [-0.39, 0.29) is 24.4 Å². The van der Waals surface area contributed by atoms with Gasteiger partial charge in [0.2, 0.25) is 5.91 Å². The summed E-state index contributed by atoms with van der Waals surface area (Å²) in [6.45, 7) is 3.03. The van der Waals surface area contributed by atoms with Crippen molar-refractivity contribution in [1.82, 2.24) is 10.2 Å². The number of ether oxygens (including phenoxy) is 1. The molecule has 2 aliphatic heterocycles. The largest absolute Gasteiger partial charge is 0.493 e. The van der Waals surface area contributed by atoms with Gasteiger partial charge in [0.1, 0.15) is 5.75 Å². The van der Waals surface area contributed by atoms with Gasteiger partial charge in [-0.15, -0.1) is 12.4 Å². The quantitative estimate of drug-likeness (QED) is 0.893. The number of hydrogen-bond acceptors (Lipinski definition) is 3. The summed E-state index contributed by atoms with van der Waals surface area (Å²) in [6.07, 6.45) is 1.86. The zero-order valence-electron chi connectivity index (χ0n) is 14.1. The molecule has 0 radical (unpaired) electrons. The summed E-state index contributed by atoms with van der Waals surface area (Å²) in [7, 11) is 0. The van der Waals surface area contributed by atoms with Crippen LogP contribution in [0.25, 0.3) is 0 Å². The zero-order chi connectivity index (χ0) is 16.4. The van der Waals surface area contributed by atoms with Gasteiger partial charge in [-0.2, -0.15) is 0 Å². The van der Waals surface area contributed by atoms with Crippen molar-refractivity contribution >= 4 is 18.3 Å². The van der Waals surface area contributed by atoms with Crippen molar-refractivity contribution in [1.29, 1.82) is 0 Å². The second-order valence-electron chi connectivity index (χ2n) is 6.51. The van der Waals surface area contributed by atoms with Gasteiger partial charge in [-0.3, -0.25) is 4.79 Å². The zero-order valence-corrected chi connectivity index (χ0v) is 14.9. The minimum Gasteiger partial charge on any atom is -0.493 e. The first-order valence-electron chi connectivity index (χ1n) is 8.60. The van der Waals surface area contributed by atoms with Crippen LogP contribution in [0.2, 0.25) is 0 Å². The average Bonchev–Trinajstić information content (AvgIpc) is 3.21. The molecule has 1 N–H and O–H groups in total. The number of carbonyl (C=O) groups excluding carboxylic acids is 1. The molecule has 4 rings (SSSR count). The number of rotatable bonds is 5. The van der Waals surface area contributed by atoms with E-state index >= 15 is 0 Å². The van der Waals surface area contributed by atoms with Gasteiger partial charge >= 0.3 is 0 Å². The van der Waals surface area contributed by atoms with Gasteiger partial charge in [-0.1, -0.05) is 42.5 Å². The van der Waals surface area contributed by atoms with Crippen LogP contribution in [-0.4, -0.2) is 30.0 Å². The molecule has 2 aliphatic rings. The Morgan fingerprint density at radius 3 is 2.80 bits per heavy atom. The predicted molar refractivity (Wildman–Crippen MR) is 100.0 cm³/mol. The molecule has 0 aromatic heterocycles. The van der Waals surface area contributed by atoms with Crippen LogP contribution in [0.15, 0.2) is 48.5 Å². The Kier molecular flexibility index (Phi) is 5.61. The second-order valence-corrected chi connectivity index (χ2v) is 6.51. The van der Waals surface area contributed by atoms with Gasteiger partial charge < -0.3 is 15.0 Å². The molecule has 5 heteroatoms. The molecule has 25 heavy (non-hydrogen) atoms. The van der Waals surface area contributed by atoms with Crippen LogP contribution in [0.1, 0.15) is 23.1 Å². The van der Waals surface area contributed by atoms with E-state index in [4.69, 9.17) is 4.74 Å². The molecule has 2 aromatic carbocycles. The lowest BCUT2D eigenvalue weighted by Crippen LogP contribution is -2.37. The molecule has 2 heterocycles. The Bertz CT molecular complexity index is 736.